The van der Waals surface area contributed by atoms with Gasteiger partial charge in [-0.25, -0.2) is 16.8 Å². The molecule has 3 aromatic carbocycles. The lowest BCUT2D eigenvalue weighted by Gasteiger charge is -2.38. The highest BCUT2D eigenvalue weighted by atomic mass is 32.2. The van der Waals surface area contributed by atoms with Crippen molar-refractivity contribution in [3.63, 3.8) is 0 Å². The van der Waals surface area contributed by atoms with Gasteiger partial charge in [0, 0.05) is 19.5 Å². The summed E-state index contributed by atoms with van der Waals surface area (Å²) >= 11 is 0. The largest absolute Gasteiger partial charge is 0.486 e. The number of sulfonamides is 2. The summed E-state index contributed by atoms with van der Waals surface area (Å²) in [4.78, 5) is 15.4. The fraction of sp³-hybridized carbons (Fsp3) is 0.367. The molecular formula is C30H37N3O7S2. The zero-order valence-electron chi connectivity index (χ0n) is 24.3. The number of nitrogens with one attached hydrogen (secondary N) is 1. The molecule has 1 aliphatic heterocycles. The molecule has 0 aromatic heterocycles. The Kier molecular flexibility index (Phi) is 9.31. The van der Waals surface area contributed by atoms with Gasteiger partial charge in [0.2, 0.25) is 10.0 Å². The molecule has 10 nitrogen and oxygen atoms in total. The number of carbonyl (C=O) groups is 1. The molecule has 1 heterocycles. The summed E-state index contributed by atoms with van der Waals surface area (Å²) in [5, 5.41) is 9.91. The Morgan fingerprint density at radius 1 is 0.976 bits per heavy atom. The minimum absolute atomic E-state index is 0.00832. The van der Waals surface area contributed by atoms with Gasteiger partial charge >= 0.3 is 0 Å². The number of rotatable bonds is 9. The predicted molar refractivity (Wildman–Crippen MR) is 161 cm³/mol. The van der Waals surface area contributed by atoms with E-state index in [0.717, 1.165) is 11.1 Å². The molecule has 0 saturated heterocycles. The number of para-hydroxylation sites is 1. The van der Waals surface area contributed by atoms with Crippen LogP contribution in [0.15, 0.2) is 76.5 Å². The zero-order valence-corrected chi connectivity index (χ0v) is 25.9. The summed E-state index contributed by atoms with van der Waals surface area (Å²) in [6.07, 6.45) is -0.777. The van der Waals surface area contributed by atoms with E-state index < -0.39 is 44.0 Å². The molecule has 226 valence electrons. The SMILES string of the molecule is Cc1ccc(S(=O)(=O)Nc2cccc3c2O[C@H](CN(C)S(=O)(=O)c2ccc(C)cc2)[C@@H](C)CN([C@H](C)CO)C3=O)cc1. The van der Waals surface area contributed by atoms with Gasteiger partial charge < -0.3 is 14.7 Å². The smallest absolute Gasteiger partial charge is 0.262 e. The number of benzene rings is 3. The number of hydrogen-bond donors (Lipinski definition) is 2. The standard InChI is InChI=1S/C30H37N3O7S2/c1-20-9-13-24(14-10-20)41(36,37)31-27-8-6-7-26-29(27)40-28(22(3)17-33(30(26)35)23(4)19-34)18-32(5)42(38,39)25-15-11-21(2)12-16-25/h6-16,22-23,28,31,34H,17-19H2,1-5H3/t22-,23+,28+/m0/s1. The van der Waals surface area contributed by atoms with Crippen molar-refractivity contribution in [3.05, 3.63) is 83.4 Å². The van der Waals surface area contributed by atoms with Crippen molar-refractivity contribution in [3.8, 4) is 5.75 Å². The Hall–Kier alpha value is -3.45. The Labute approximate surface area is 248 Å². The number of fused-ring (bicyclic) bond motifs is 1. The summed E-state index contributed by atoms with van der Waals surface area (Å²) in [5.74, 6) is -0.839. The topological polar surface area (TPSA) is 133 Å². The molecule has 4 rings (SSSR count). The number of hydrogen-bond acceptors (Lipinski definition) is 7. The van der Waals surface area contributed by atoms with Crippen molar-refractivity contribution in [2.24, 2.45) is 5.92 Å². The lowest BCUT2D eigenvalue weighted by Crippen LogP contribution is -2.50. The Bertz CT molecular complexity index is 1640. The van der Waals surface area contributed by atoms with Crippen LogP contribution in [0.3, 0.4) is 0 Å². The van der Waals surface area contributed by atoms with Gasteiger partial charge in [-0.1, -0.05) is 48.4 Å². The molecule has 1 amide bonds. The number of carbonyl (C=O) groups excluding carboxylic acids is 1. The average Bonchev–Trinajstić information content (AvgIpc) is 2.95. The maximum absolute atomic E-state index is 13.7. The van der Waals surface area contributed by atoms with E-state index >= 15 is 0 Å². The van der Waals surface area contributed by atoms with Crippen LogP contribution in [-0.4, -0.2) is 75.9 Å². The van der Waals surface area contributed by atoms with Crippen molar-refractivity contribution < 1.29 is 31.5 Å². The first-order valence-electron chi connectivity index (χ1n) is 13.6. The second-order valence-electron chi connectivity index (χ2n) is 10.8. The Morgan fingerprint density at radius 3 is 2.12 bits per heavy atom. The van der Waals surface area contributed by atoms with E-state index in [4.69, 9.17) is 4.74 Å². The van der Waals surface area contributed by atoms with Crippen molar-refractivity contribution in [1.29, 1.82) is 0 Å². The van der Waals surface area contributed by atoms with Crippen LogP contribution in [0.5, 0.6) is 5.75 Å². The van der Waals surface area contributed by atoms with E-state index in [0.29, 0.717) is 0 Å². The minimum Gasteiger partial charge on any atom is -0.486 e. The summed E-state index contributed by atoms with van der Waals surface area (Å²) in [5.41, 5.74) is 1.96. The summed E-state index contributed by atoms with van der Waals surface area (Å²) in [6.45, 7) is 7.06. The Morgan fingerprint density at radius 2 is 1.55 bits per heavy atom. The van der Waals surface area contributed by atoms with Crippen LogP contribution >= 0.6 is 0 Å². The van der Waals surface area contributed by atoms with Gasteiger partial charge in [0.15, 0.2) is 5.75 Å². The van der Waals surface area contributed by atoms with E-state index in [1.165, 1.54) is 40.5 Å². The van der Waals surface area contributed by atoms with Crippen LogP contribution in [0.4, 0.5) is 5.69 Å². The van der Waals surface area contributed by atoms with Crippen molar-refractivity contribution in [2.45, 2.75) is 49.6 Å². The van der Waals surface area contributed by atoms with Gasteiger partial charge in [0.25, 0.3) is 15.9 Å². The fourth-order valence-corrected chi connectivity index (χ4v) is 6.95. The van der Waals surface area contributed by atoms with Crippen molar-refractivity contribution in [1.82, 2.24) is 9.21 Å². The first-order valence-corrected chi connectivity index (χ1v) is 16.5. The van der Waals surface area contributed by atoms with Gasteiger partial charge in [-0.2, -0.15) is 4.31 Å². The van der Waals surface area contributed by atoms with E-state index in [1.54, 1.807) is 49.4 Å². The van der Waals surface area contributed by atoms with Gasteiger partial charge in [-0.15, -0.1) is 0 Å². The van der Waals surface area contributed by atoms with E-state index in [1.807, 2.05) is 20.8 Å². The average molecular weight is 616 g/mol. The third-order valence-corrected chi connectivity index (χ3v) is 10.7. The van der Waals surface area contributed by atoms with Crippen LogP contribution in [0.25, 0.3) is 0 Å². The quantitative estimate of drug-likeness (QED) is 0.376. The van der Waals surface area contributed by atoms with E-state index in [9.17, 15) is 26.7 Å². The van der Waals surface area contributed by atoms with Crippen LogP contribution in [0, 0.1) is 19.8 Å². The highest BCUT2D eigenvalue weighted by molar-refractivity contribution is 7.92. The van der Waals surface area contributed by atoms with Gasteiger partial charge in [0.1, 0.15) is 6.10 Å². The van der Waals surface area contributed by atoms with Crippen molar-refractivity contribution >= 4 is 31.6 Å². The van der Waals surface area contributed by atoms with Gasteiger partial charge in [-0.3, -0.25) is 9.52 Å². The molecule has 0 fully saturated rings. The van der Waals surface area contributed by atoms with E-state index in [-0.39, 0.29) is 46.5 Å². The van der Waals surface area contributed by atoms with Gasteiger partial charge in [0.05, 0.1) is 40.2 Å². The molecule has 12 heteroatoms. The van der Waals surface area contributed by atoms with Crippen LogP contribution in [0.2, 0.25) is 0 Å². The molecular weight excluding hydrogens is 578 g/mol. The molecule has 1 aliphatic rings. The monoisotopic (exact) mass is 615 g/mol. The first kappa shape index (κ1) is 31.5. The highest BCUT2D eigenvalue weighted by Gasteiger charge is 2.36. The molecule has 0 unspecified atom stereocenters. The number of nitrogens with zero attached hydrogens (tertiary/aromatic N) is 2. The lowest BCUT2D eigenvalue weighted by atomic mass is 9.99. The van der Waals surface area contributed by atoms with Crippen LogP contribution < -0.4 is 9.46 Å². The summed E-state index contributed by atoms with van der Waals surface area (Å²) in [6, 6.07) is 16.9. The third kappa shape index (κ3) is 6.62. The first-order chi connectivity index (χ1) is 19.7. The number of anilines is 1. The molecule has 2 N–H and O–H groups in total. The lowest BCUT2D eigenvalue weighted by molar-refractivity contribution is 0.0389. The molecule has 0 aliphatic carbocycles. The van der Waals surface area contributed by atoms with Crippen LogP contribution in [0.1, 0.15) is 35.3 Å². The number of aliphatic hydroxyl groups excluding tert-OH is 1. The third-order valence-electron chi connectivity index (χ3n) is 7.43. The Balaban J connectivity index is 1.76. The number of likely N-dealkylation sites (N-methyl/N-ethyl adjacent to an activating group) is 1. The van der Waals surface area contributed by atoms with Gasteiger partial charge in [-0.05, 0) is 57.2 Å². The number of ether oxygens (including phenoxy) is 1. The molecule has 3 aromatic rings. The second kappa shape index (κ2) is 12.4. The van der Waals surface area contributed by atoms with Crippen LogP contribution in [-0.2, 0) is 20.0 Å². The molecule has 0 bridgehead atoms. The maximum atomic E-state index is 13.7. The number of aryl methyl sites for hydroxylation is 2. The van der Waals surface area contributed by atoms with Crippen molar-refractivity contribution in [2.75, 3.05) is 31.5 Å². The number of aliphatic hydroxyl groups is 1. The summed E-state index contributed by atoms with van der Waals surface area (Å²) < 4.78 is 63.6. The fourth-order valence-electron chi connectivity index (χ4n) is 4.70. The van der Waals surface area contributed by atoms with E-state index in [2.05, 4.69) is 4.72 Å². The molecule has 42 heavy (non-hydrogen) atoms. The maximum Gasteiger partial charge on any atom is 0.262 e. The molecule has 0 spiro atoms. The second-order valence-corrected chi connectivity index (χ2v) is 14.5. The summed E-state index contributed by atoms with van der Waals surface area (Å²) in [7, 11) is -6.48. The zero-order chi connectivity index (χ0) is 30.8. The minimum atomic E-state index is -4.05. The molecule has 0 radical (unpaired) electrons. The normalized spacial score (nSPS) is 18.5. The highest BCUT2D eigenvalue weighted by Crippen LogP contribution is 2.36. The predicted octanol–water partition coefficient (Wildman–Crippen LogP) is 3.65. The molecule has 0 saturated carbocycles. The number of amides is 1. The molecule has 3 atom stereocenters.